The fourth-order valence-electron chi connectivity index (χ4n) is 2.79. The van der Waals surface area contributed by atoms with Crippen LogP contribution in [0, 0.1) is 19.8 Å². The number of nitrogens with zero attached hydrogens (tertiary/aromatic N) is 1. The Bertz CT molecular complexity index is 648. The molecule has 7 heteroatoms. The molecule has 1 aromatic carbocycles. The molecule has 0 saturated carbocycles. The molecule has 1 N–H and O–H groups in total. The number of ether oxygens (including phenoxy) is 2. The summed E-state index contributed by atoms with van der Waals surface area (Å²) in [6, 6.07) is 5.74. The van der Waals surface area contributed by atoms with Crippen molar-refractivity contribution in [1.29, 1.82) is 0 Å². The fourth-order valence-corrected chi connectivity index (χ4v) is 2.79. The number of para-hydroxylation sites is 1. The Morgan fingerprint density at radius 3 is 2.42 bits per heavy atom. The molecular weight excluding hydrogens is 336 g/mol. The predicted molar refractivity (Wildman–Crippen MR) is 96.7 cm³/mol. The molecule has 0 aromatic heterocycles. The first-order chi connectivity index (χ1) is 12.4. The Hall–Kier alpha value is -2.41. The topological polar surface area (TPSA) is 84.9 Å². The van der Waals surface area contributed by atoms with Gasteiger partial charge in [-0.3, -0.25) is 14.4 Å². The summed E-state index contributed by atoms with van der Waals surface area (Å²) in [5.74, 6) is -1.31. The van der Waals surface area contributed by atoms with E-state index >= 15 is 0 Å². The molecule has 1 aromatic rings. The van der Waals surface area contributed by atoms with Gasteiger partial charge in [0.2, 0.25) is 5.91 Å². The molecule has 0 atom stereocenters. The number of hydrogen-bond donors (Lipinski definition) is 1. The monoisotopic (exact) mass is 362 g/mol. The van der Waals surface area contributed by atoms with Gasteiger partial charge in [0.05, 0.1) is 12.5 Å². The zero-order chi connectivity index (χ0) is 19.1. The van der Waals surface area contributed by atoms with Gasteiger partial charge in [-0.25, -0.2) is 0 Å². The molecule has 1 saturated heterocycles. The molecule has 0 spiro atoms. The summed E-state index contributed by atoms with van der Waals surface area (Å²) in [4.78, 5) is 37.5. The molecule has 0 radical (unpaired) electrons. The third-order valence-electron chi connectivity index (χ3n) is 4.44. The number of rotatable bonds is 6. The van der Waals surface area contributed by atoms with E-state index in [1.807, 2.05) is 32.0 Å². The van der Waals surface area contributed by atoms with Crippen LogP contribution in [-0.2, 0) is 23.9 Å². The summed E-state index contributed by atoms with van der Waals surface area (Å²) >= 11 is 0. The standard InChI is InChI=1S/C19H26N2O5/c1-13-5-4-6-14(2)18(13)20-16(22)11-21(3)17(23)12-26-19(24)15-7-9-25-10-8-15/h4-6,15H,7-12H2,1-3H3,(H,20,22). The largest absolute Gasteiger partial charge is 0.455 e. The first-order valence-corrected chi connectivity index (χ1v) is 8.73. The highest BCUT2D eigenvalue weighted by Gasteiger charge is 2.24. The minimum absolute atomic E-state index is 0.110. The molecule has 0 aliphatic carbocycles. The summed E-state index contributed by atoms with van der Waals surface area (Å²) in [5.41, 5.74) is 2.67. The second-order valence-electron chi connectivity index (χ2n) is 6.56. The third-order valence-corrected chi connectivity index (χ3v) is 4.44. The lowest BCUT2D eigenvalue weighted by molar-refractivity contribution is -0.157. The summed E-state index contributed by atoms with van der Waals surface area (Å²) < 4.78 is 10.3. The van der Waals surface area contributed by atoms with Gasteiger partial charge in [0, 0.05) is 25.9 Å². The van der Waals surface area contributed by atoms with Crippen molar-refractivity contribution in [3.8, 4) is 0 Å². The van der Waals surface area contributed by atoms with E-state index in [1.165, 1.54) is 11.9 Å². The van der Waals surface area contributed by atoms with E-state index in [4.69, 9.17) is 9.47 Å². The number of benzene rings is 1. The first-order valence-electron chi connectivity index (χ1n) is 8.73. The molecule has 2 rings (SSSR count). The van der Waals surface area contributed by atoms with E-state index in [-0.39, 0.29) is 30.9 Å². The molecule has 7 nitrogen and oxygen atoms in total. The van der Waals surface area contributed by atoms with Crippen LogP contribution >= 0.6 is 0 Å². The van der Waals surface area contributed by atoms with Crippen molar-refractivity contribution in [3.05, 3.63) is 29.3 Å². The van der Waals surface area contributed by atoms with Gasteiger partial charge in [0.25, 0.3) is 5.91 Å². The number of anilines is 1. The van der Waals surface area contributed by atoms with Gasteiger partial charge in [0.15, 0.2) is 6.61 Å². The molecule has 0 bridgehead atoms. The average molecular weight is 362 g/mol. The molecule has 1 aliphatic heterocycles. The number of aryl methyl sites for hydroxylation is 2. The van der Waals surface area contributed by atoms with Crippen LogP contribution < -0.4 is 5.32 Å². The van der Waals surface area contributed by atoms with Crippen molar-refractivity contribution in [2.45, 2.75) is 26.7 Å². The van der Waals surface area contributed by atoms with Crippen LogP contribution in [0.5, 0.6) is 0 Å². The van der Waals surface area contributed by atoms with Crippen molar-refractivity contribution < 1.29 is 23.9 Å². The molecule has 2 amide bonds. The lowest BCUT2D eigenvalue weighted by Crippen LogP contribution is -2.38. The molecule has 1 heterocycles. The van der Waals surface area contributed by atoms with Crippen LogP contribution in [0.1, 0.15) is 24.0 Å². The normalized spacial score (nSPS) is 14.6. The second kappa shape index (κ2) is 9.33. The van der Waals surface area contributed by atoms with Crippen molar-refractivity contribution in [3.63, 3.8) is 0 Å². The number of carbonyl (C=O) groups is 3. The fraction of sp³-hybridized carbons (Fsp3) is 0.526. The number of esters is 1. The zero-order valence-corrected chi connectivity index (χ0v) is 15.5. The van der Waals surface area contributed by atoms with Gasteiger partial charge < -0.3 is 19.7 Å². The smallest absolute Gasteiger partial charge is 0.309 e. The van der Waals surface area contributed by atoms with Gasteiger partial charge >= 0.3 is 5.97 Å². The van der Waals surface area contributed by atoms with Crippen molar-refractivity contribution >= 4 is 23.5 Å². The summed E-state index contributed by atoms with van der Waals surface area (Å²) in [6.45, 7) is 4.42. The van der Waals surface area contributed by atoms with E-state index in [9.17, 15) is 14.4 Å². The maximum absolute atomic E-state index is 12.2. The Balaban J connectivity index is 1.79. The van der Waals surface area contributed by atoms with Crippen LogP contribution in [0.15, 0.2) is 18.2 Å². The number of likely N-dealkylation sites (N-methyl/N-ethyl adjacent to an activating group) is 1. The summed E-state index contributed by atoms with van der Waals surface area (Å²) in [7, 11) is 1.51. The lowest BCUT2D eigenvalue weighted by atomic mass is 10.0. The van der Waals surface area contributed by atoms with E-state index in [0.29, 0.717) is 26.1 Å². The van der Waals surface area contributed by atoms with Gasteiger partial charge in [-0.2, -0.15) is 0 Å². The zero-order valence-electron chi connectivity index (χ0n) is 15.5. The van der Waals surface area contributed by atoms with Crippen molar-refractivity contribution in [2.75, 3.05) is 38.7 Å². The molecule has 1 fully saturated rings. The summed E-state index contributed by atoms with van der Waals surface area (Å²) in [6.07, 6.45) is 1.22. The molecule has 142 valence electrons. The quantitative estimate of drug-likeness (QED) is 0.778. The Morgan fingerprint density at radius 1 is 1.19 bits per heavy atom. The van der Waals surface area contributed by atoms with Crippen molar-refractivity contribution in [1.82, 2.24) is 4.90 Å². The van der Waals surface area contributed by atoms with E-state index < -0.39 is 5.91 Å². The highest BCUT2D eigenvalue weighted by Crippen LogP contribution is 2.19. The number of carbonyl (C=O) groups excluding carboxylic acids is 3. The van der Waals surface area contributed by atoms with Gasteiger partial charge in [-0.1, -0.05) is 18.2 Å². The van der Waals surface area contributed by atoms with Crippen LogP contribution in [0.3, 0.4) is 0 Å². The van der Waals surface area contributed by atoms with Crippen LogP contribution in [-0.4, -0.2) is 56.1 Å². The second-order valence-corrected chi connectivity index (χ2v) is 6.56. The van der Waals surface area contributed by atoms with Crippen LogP contribution in [0.2, 0.25) is 0 Å². The van der Waals surface area contributed by atoms with Crippen molar-refractivity contribution in [2.24, 2.45) is 5.92 Å². The minimum Gasteiger partial charge on any atom is -0.455 e. The highest BCUT2D eigenvalue weighted by molar-refractivity contribution is 5.96. The van der Waals surface area contributed by atoms with Gasteiger partial charge in [0.1, 0.15) is 0 Å². The third kappa shape index (κ3) is 5.56. The van der Waals surface area contributed by atoms with E-state index in [0.717, 1.165) is 16.8 Å². The van der Waals surface area contributed by atoms with Crippen LogP contribution in [0.4, 0.5) is 5.69 Å². The first kappa shape index (κ1) is 19.9. The number of nitrogens with one attached hydrogen (secondary N) is 1. The maximum Gasteiger partial charge on any atom is 0.309 e. The van der Waals surface area contributed by atoms with Gasteiger partial charge in [-0.05, 0) is 37.8 Å². The number of hydrogen-bond acceptors (Lipinski definition) is 5. The van der Waals surface area contributed by atoms with E-state index in [2.05, 4.69) is 5.32 Å². The lowest BCUT2D eigenvalue weighted by Gasteiger charge is -2.21. The van der Waals surface area contributed by atoms with Crippen LogP contribution in [0.25, 0.3) is 0 Å². The predicted octanol–water partition coefficient (Wildman–Crippen LogP) is 1.67. The average Bonchev–Trinajstić information content (AvgIpc) is 2.63. The maximum atomic E-state index is 12.2. The van der Waals surface area contributed by atoms with E-state index in [1.54, 1.807) is 0 Å². The Labute approximate surface area is 153 Å². The minimum atomic E-state index is -0.415. The Morgan fingerprint density at radius 2 is 1.81 bits per heavy atom. The Kier molecular flexibility index (Phi) is 7.15. The summed E-state index contributed by atoms with van der Waals surface area (Å²) in [5, 5.41) is 2.83. The van der Waals surface area contributed by atoms with Gasteiger partial charge in [-0.15, -0.1) is 0 Å². The highest BCUT2D eigenvalue weighted by atomic mass is 16.5. The molecule has 0 unspecified atom stereocenters. The molecule has 1 aliphatic rings. The molecular formula is C19H26N2O5. The molecule has 26 heavy (non-hydrogen) atoms. The SMILES string of the molecule is Cc1cccc(C)c1NC(=O)CN(C)C(=O)COC(=O)C1CCOCC1. The number of amides is 2.